The van der Waals surface area contributed by atoms with Gasteiger partial charge < -0.3 is 9.47 Å². The first-order valence-corrected chi connectivity index (χ1v) is 10.5. The summed E-state index contributed by atoms with van der Waals surface area (Å²) in [6.07, 6.45) is 4.25. The zero-order valence-corrected chi connectivity index (χ0v) is 18.5. The summed E-state index contributed by atoms with van der Waals surface area (Å²) < 4.78 is 10.7. The molecule has 8 heteroatoms. The molecule has 0 saturated heterocycles. The van der Waals surface area contributed by atoms with Gasteiger partial charge in [-0.05, 0) is 24.6 Å². The lowest BCUT2D eigenvalue weighted by molar-refractivity contribution is 0.0976. The van der Waals surface area contributed by atoms with Crippen molar-refractivity contribution in [2.75, 3.05) is 32.3 Å². The summed E-state index contributed by atoms with van der Waals surface area (Å²) in [4.78, 5) is 14.7. The van der Waals surface area contributed by atoms with E-state index in [1.54, 1.807) is 43.4 Å². The smallest absolute Gasteiger partial charge is 0.261 e. The number of methoxy groups -OCH3 is 2. The molecule has 0 spiro atoms. The molecule has 0 aliphatic heterocycles. The van der Waals surface area contributed by atoms with Crippen molar-refractivity contribution in [1.82, 2.24) is 10.2 Å². The zero-order valence-electron chi connectivity index (χ0n) is 16.9. The van der Waals surface area contributed by atoms with Gasteiger partial charge in [-0.2, -0.15) is 0 Å². The number of anilines is 1. The van der Waals surface area contributed by atoms with E-state index in [0.717, 1.165) is 16.2 Å². The standard InChI is InChI=1S/C21H24ClN3O3S/c1-13-11-15(12-14(2)18(13)28-4)19-23-24-21(29-19)25(9-10-27-3)20(26)16-7-5-6-8-17(16)22/h5-8,11-13,18H,9-10H2,1-4H3. The Bertz CT molecular complexity index is 941. The number of amides is 1. The minimum absolute atomic E-state index is 0.0612. The molecule has 2 unspecified atom stereocenters. The van der Waals surface area contributed by atoms with Gasteiger partial charge in [-0.15, -0.1) is 10.2 Å². The van der Waals surface area contributed by atoms with Crippen LogP contribution in [0.15, 0.2) is 42.0 Å². The number of nitrogens with zero attached hydrogens (tertiary/aromatic N) is 3. The van der Waals surface area contributed by atoms with Gasteiger partial charge in [0.2, 0.25) is 5.13 Å². The summed E-state index contributed by atoms with van der Waals surface area (Å²) in [7, 11) is 3.31. The second kappa shape index (κ2) is 9.63. The van der Waals surface area contributed by atoms with E-state index in [4.69, 9.17) is 21.1 Å². The second-order valence-electron chi connectivity index (χ2n) is 6.85. The Labute approximate surface area is 179 Å². The number of allylic oxidation sites excluding steroid dienone is 2. The summed E-state index contributed by atoms with van der Waals surface area (Å²) in [6, 6.07) is 6.98. The van der Waals surface area contributed by atoms with Crippen molar-refractivity contribution >= 4 is 39.5 Å². The molecule has 0 saturated carbocycles. The topological polar surface area (TPSA) is 64.5 Å². The fourth-order valence-electron chi connectivity index (χ4n) is 3.38. The van der Waals surface area contributed by atoms with Crippen LogP contribution in [0.1, 0.15) is 29.2 Å². The fourth-order valence-corrected chi connectivity index (χ4v) is 4.46. The Morgan fingerprint density at radius 3 is 2.69 bits per heavy atom. The lowest BCUT2D eigenvalue weighted by Gasteiger charge is -2.25. The third-order valence-electron chi connectivity index (χ3n) is 4.77. The third-order valence-corrected chi connectivity index (χ3v) is 6.09. The molecular formula is C21H24ClN3O3S. The van der Waals surface area contributed by atoms with Crippen LogP contribution in [0, 0.1) is 5.92 Å². The van der Waals surface area contributed by atoms with Crippen molar-refractivity contribution in [2.24, 2.45) is 5.92 Å². The van der Waals surface area contributed by atoms with Crippen LogP contribution in [-0.2, 0) is 9.47 Å². The van der Waals surface area contributed by atoms with Gasteiger partial charge in [-0.3, -0.25) is 9.69 Å². The molecule has 1 aliphatic rings. The van der Waals surface area contributed by atoms with E-state index < -0.39 is 0 Å². The van der Waals surface area contributed by atoms with E-state index in [1.807, 2.05) is 6.92 Å². The largest absolute Gasteiger partial charge is 0.383 e. The molecule has 0 radical (unpaired) electrons. The number of benzene rings is 1. The Morgan fingerprint density at radius 2 is 2.03 bits per heavy atom. The summed E-state index contributed by atoms with van der Waals surface area (Å²) in [5.41, 5.74) is 2.55. The van der Waals surface area contributed by atoms with Gasteiger partial charge >= 0.3 is 0 Å². The van der Waals surface area contributed by atoms with E-state index in [9.17, 15) is 4.79 Å². The normalized spacial score (nSPS) is 18.9. The lowest BCUT2D eigenvalue weighted by Crippen LogP contribution is -2.34. The van der Waals surface area contributed by atoms with Gasteiger partial charge in [0.1, 0.15) is 5.01 Å². The highest BCUT2D eigenvalue weighted by Gasteiger charge is 2.26. The highest BCUT2D eigenvalue weighted by molar-refractivity contribution is 7.16. The van der Waals surface area contributed by atoms with Gasteiger partial charge in [0.15, 0.2) is 0 Å². The van der Waals surface area contributed by atoms with Crippen LogP contribution in [0.5, 0.6) is 0 Å². The van der Waals surface area contributed by atoms with E-state index in [1.165, 1.54) is 11.3 Å². The van der Waals surface area contributed by atoms with Crippen molar-refractivity contribution in [2.45, 2.75) is 20.0 Å². The van der Waals surface area contributed by atoms with Crippen LogP contribution in [0.4, 0.5) is 5.13 Å². The average Bonchev–Trinajstić information content (AvgIpc) is 3.18. The Hall–Kier alpha value is -2.06. The molecular weight excluding hydrogens is 410 g/mol. The molecule has 1 amide bonds. The predicted octanol–water partition coefficient (Wildman–Crippen LogP) is 4.48. The molecule has 3 rings (SSSR count). The molecule has 154 valence electrons. The Balaban J connectivity index is 1.91. The first-order valence-electron chi connectivity index (χ1n) is 9.28. The number of hydrogen-bond donors (Lipinski definition) is 0. The SMILES string of the molecule is COCCN(C(=O)c1ccccc1Cl)c1nnc(C2=CC(C)C(OC)C(C)=C2)s1. The highest BCUT2D eigenvalue weighted by atomic mass is 35.5. The quantitative estimate of drug-likeness (QED) is 0.644. The zero-order chi connectivity index (χ0) is 21.0. The average molecular weight is 434 g/mol. The number of rotatable bonds is 7. The number of carbonyl (C=O) groups excluding carboxylic acids is 1. The van der Waals surface area contributed by atoms with Gasteiger partial charge in [0.05, 0.1) is 29.8 Å². The fraction of sp³-hybridized carbons (Fsp3) is 0.381. The van der Waals surface area contributed by atoms with Gasteiger partial charge in [0, 0.05) is 25.7 Å². The maximum absolute atomic E-state index is 13.1. The van der Waals surface area contributed by atoms with Crippen molar-refractivity contribution in [1.29, 1.82) is 0 Å². The summed E-state index contributed by atoms with van der Waals surface area (Å²) in [5.74, 6) is -0.00536. The maximum Gasteiger partial charge on any atom is 0.261 e. The predicted molar refractivity (Wildman–Crippen MR) is 117 cm³/mol. The Morgan fingerprint density at radius 1 is 1.28 bits per heavy atom. The number of ether oxygens (including phenoxy) is 2. The van der Waals surface area contributed by atoms with Crippen LogP contribution in [-0.4, -0.2) is 49.6 Å². The first-order chi connectivity index (χ1) is 14.0. The van der Waals surface area contributed by atoms with E-state index in [2.05, 4.69) is 29.3 Å². The molecule has 0 fully saturated rings. The van der Waals surface area contributed by atoms with Crippen LogP contribution in [0.3, 0.4) is 0 Å². The summed E-state index contributed by atoms with van der Waals surface area (Å²) >= 11 is 7.60. The third kappa shape index (κ3) is 4.75. The molecule has 1 heterocycles. The molecule has 1 aromatic heterocycles. The van der Waals surface area contributed by atoms with Crippen molar-refractivity contribution in [3.63, 3.8) is 0 Å². The first kappa shape index (κ1) is 21.6. The van der Waals surface area contributed by atoms with Crippen LogP contribution in [0.2, 0.25) is 5.02 Å². The molecule has 29 heavy (non-hydrogen) atoms. The van der Waals surface area contributed by atoms with Crippen LogP contribution >= 0.6 is 22.9 Å². The maximum atomic E-state index is 13.1. The van der Waals surface area contributed by atoms with Crippen LogP contribution < -0.4 is 4.90 Å². The van der Waals surface area contributed by atoms with Gasteiger partial charge in [-0.25, -0.2) is 0 Å². The molecule has 2 aromatic rings. The van der Waals surface area contributed by atoms with E-state index >= 15 is 0 Å². The minimum Gasteiger partial charge on any atom is -0.383 e. The molecule has 1 aromatic carbocycles. The van der Waals surface area contributed by atoms with Gasteiger partial charge in [-0.1, -0.05) is 54.1 Å². The van der Waals surface area contributed by atoms with Gasteiger partial charge in [0.25, 0.3) is 5.91 Å². The minimum atomic E-state index is -0.229. The molecule has 0 bridgehead atoms. The highest BCUT2D eigenvalue weighted by Crippen LogP contribution is 2.34. The molecule has 0 N–H and O–H groups in total. The second-order valence-corrected chi connectivity index (χ2v) is 8.21. The van der Waals surface area contributed by atoms with E-state index in [-0.39, 0.29) is 17.9 Å². The number of halogens is 1. The van der Waals surface area contributed by atoms with E-state index in [0.29, 0.717) is 28.9 Å². The van der Waals surface area contributed by atoms with Crippen molar-refractivity contribution in [3.8, 4) is 0 Å². The van der Waals surface area contributed by atoms with Crippen molar-refractivity contribution < 1.29 is 14.3 Å². The Kier molecular flexibility index (Phi) is 7.18. The molecule has 2 atom stereocenters. The number of aromatic nitrogens is 2. The molecule has 1 aliphatic carbocycles. The monoisotopic (exact) mass is 433 g/mol. The van der Waals surface area contributed by atoms with Crippen molar-refractivity contribution in [3.05, 3.63) is 57.6 Å². The number of carbonyl (C=O) groups is 1. The van der Waals surface area contributed by atoms with Crippen LogP contribution in [0.25, 0.3) is 5.57 Å². The summed E-state index contributed by atoms with van der Waals surface area (Å²) in [6.45, 7) is 4.88. The summed E-state index contributed by atoms with van der Waals surface area (Å²) in [5, 5.41) is 10.3. The molecule has 6 nitrogen and oxygen atoms in total. The lowest BCUT2D eigenvalue weighted by atomic mass is 9.89. The number of hydrogen-bond acceptors (Lipinski definition) is 6.